The summed E-state index contributed by atoms with van der Waals surface area (Å²) in [6.45, 7) is 2.14. The third kappa shape index (κ3) is 3.58. The molecule has 1 atom stereocenters. The molecular weight excluding hydrogens is 372 g/mol. The standard InChI is InChI=1S/C20H20N6O3/c1-12(14-4-9-17-18(10-14)29-11-28-17)21-20(27)22-15-5-2-13(3-6-15)19-23-24-25-26(19)16-7-8-16/h2-6,9-10,12,16H,7-8,11H2,1H3,(H2,21,22,27). The van der Waals surface area contributed by atoms with Crippen LogP contribution < -0.4 is 20.1 Å². The number of fused-ring (bicyclic) bond motifs is 1. The highest BCUT2D eigenvalue weighted by Gasteiger charge is 2.28. The van der Waals surface area contributed by atoms with Crippen molar-refractivity contribution in [2.75, 3.05) is 12.1 Å². The molecule has 0 spiro atoms. The summed E-state index contributed by atoms with van der Waals surface area (Å²) in [6.07, 6.45) is 2.22. The molecule has 0 radical (unpaired) electrons. The maximum absolute atomic E-state index is 12.4. The van der Waals surface area contributed by atoms with Crippen LogP contribution in [0.2, 0.25) is 0 Å². The minimum Gasteiger partial charge on any atom is -0.454 e. The van der Waals surface area contributed by atoms with Crippen LogP contribution in [-0.4, -0.2) is 33.0 Å². The highest BCUT2D eigenvalue weighted by molar-refractivity contribution is 5.89. The molecule has 148 valence electrons. The molecule has 1 fully saturated rings. The van der Waals surface area contributed by atoms with Crippen LogP contribution in [0.1, 0.15) is 37.4 Å². The van der Waals surface area contributed by atoms with Gasteiger partial charge in [-0.15, -0.1) is 5.10 Å². The fourth-order valence-corrected chi connectivity index (χ4v) is 3.28. The first kappa shape index (κ1) is 17.5. The van der Waals surface area contributed by atoms with Crippen LogP contribution in [-0.2, 0) is 0 Å². The van der Waals surface area contributed by atoms with E-state index in [2.05, 4.69) is 26.2 Å². The average Bonchev–Trinajstić information content (AvgIpc) is 3.26. The van der Waals surface area contributed by atoms with Gasteiger partial charge < -0.3 is 20.1 Å². The zero-order chi connectivity index (χ0) is 19.8. The lowest BCUT2D eigenvalue weighted by atomic mass is 10.1. The summed E-state index contributed by atoms with van der Waals surface area (Å²) in [5.74, 6) is 2.17. The molecule has 0 saturated heterocycles. The lowest BCUT2D eigenvalue weighted by Crippen LogP contribution is -2.31. The van der Waals surface area contributed by atoms with Crippen LogP contribution in [0.4, 0.5) is 10.5 Å². The van der Waals surface area contributed by atoms with E-state index >= 15 is 0 Å². The predicted octanol–water partition coefficient (Wildman–Crippen LogP) is 3.29. The van der Waals surface area contributed by atoms with Gasteiger partial charge in [-0.3, -0.25) is 0 Å². The Morgan fingerprint density at radius 1 is 1.14 bits per heavy atom. The molecule has 1 unspecified atom stereocenters. The molecule has 1 aliphatic heterocycles. The molecule has 2 aromatic carbocycles. The number of tetrazole rings is 1. The van der Waals surface area contributed by atoms with E-state index < -0.39 is 0 Å². The van der Waals surface area contributed by atoms with Crippen molar-refractivity contribution in [1.82, 2.24) is 25.5 Å². The number of rotatable bonds is 5. The number of nitrogens with one attached hydrogen (secondary N) is 2. The van der Waals surface area contributed by atoms with Gasteiger partial charge in [-0.1, -0.05) is 6.07 Å². The molecule has 29 heavy (non-hydrogen) atoms. The lowest BCUT2D eigenvalue weighted by Gasteiger charge is -2.15. The highest BCUT2D eigenvalue weighted by Crippen LogP contribution is 2.37. The van der Waals surface area contributed by atoms with Crippen LogP contribution in [0.3, 0.4) is 0 Å². The molecule has 9 nitrogen and oxygen atoms in total. The molecular formula is C20H20N6O3. The molecule has 2 heterocycles. The number of nitrogens with zero attached hydrogens (tertiary/aromatic N) is 4. The van der Waals surface area contributed by atoms with Gasteiger partial charge in [-0.2, -0.15) is 0 Å². The molecule has 1 aromatic heterocycles. The maximum Gasteiger partial charge on any atom is 0.319 e. The number of urea groups is 1. The third-order valence-corrected chi connectivity index (χ3v) is 5.03. The molecule has 2 amide bonds. The molecule has 5 rings (SSSR count). The van der Waals surface area contributed by atoms with Crippen LogP contribution in [0.15, 0.2) is 42.5 Å². The molecule has 1 saturated carbocycles. The van der Waals surface area contributed by atoms with Crippen LogP contribution in [0, 0.1) is 0 Å². The quantitative estimate of drug-likeness (QED) is 0.691. The normalized spacial score (nSPS) is 15.8. The van der Waals surface area contributed by atoms with E-state index in [0.29, 0.717) is 17.5 Å². The van der Waals surface area contributed by atoms with Crippen molar-refractivity contribution in [3.8, 4) is 22.9 Å². The number of benzene rings is 2. The lowest BCUT2D eigenvalue weighted by molar-refractivity contribution is 0.174. The van der Waals surface area contributed by atoms with Gasteiger partial charge in [0.15, 0.2) is 17.3 Å². The van der Waals surface area contributed by atoms with Gasteiger partial charge in [-0.05, 0) is 72.2 Å². The van der Waals surface area contributed by atoms with Gasteiger partial charge in [0.2, 0.25) is 6.79 Å². The van der Waals surface area contributed by atoms with E-state index in [-0.39, 0.29) is 18.9 Å². The van der Waals surface area contributed by atoms with Crippen molar-refractivity contribution >= 4 is 11.7 Å². The summed E-state index contributed by atoms with van der Waals surface area (Å²) < 4.78 is 12.6. The molecule has 9 heteroatoms. The fraction of sp³-hybridized carbons (Fsp3) is 0.300. The second-order valence-electron chi connectivity index (χ2n) is 7.19. The summed E-state index contributed by atoms with van der Waals surface area (Å²) in [6, 6.07) is 13.1. The van der Waals surface area contributed by atoms with Crippen LogP contribution >= 0.6 is 0 Å². The van der Waals surface area contributed by atoms with Crippen molar-refractivity contribution in [2.45, 2.75) is 31.8 Å². The van der Waals surface area contributed by atoms with E-state index in [4.69, 9.17) is 9.47 Å². The Kier molecular flexibility index (Phi) is 4.27. The molecule has 2 N–H and O–H groups in total. The van der Waals surface area contributed by atoms with Gasteiger partial charge in [0.1, 0.15) is 0 Å². The van der Waals surface area contributed by atoms with Crippen molar-refractivity contribution in [3.05, 3.63) is 48.0 Å². The number of aromatic nitrogens is 4. The summed E-state index contributed by atoms with van der Waals surface area (Å²) in [5.41, 5.74) is 2.54. The Bertz CT molecular complexity index is 1040. The van der Waals surface area contributed by atoms with Gasteiger partial charge in [0.05, 0.1) is 12.1 Å². The van der Waals surface area contributed by atoms with Crippen molar-refractivity contribution in [2.24, 2.45) is 0 Å². The second kappa shape index (κ2) is 7.08. The molecule has 0 bridgehead atoms. The summed E-state index contributed by atoms with van der Waals surface area (Å²) in [5, 5.41) is 17.7. The summed E-state index contributed by atoms with van der Waals surface area (Å²) in [4.78, 5) is 12.4. The number of hydrogen-bond acceptors (Lipinski definition) is 6. The molecule has 1 aliphatic carbocycles. The van der Waals surface area contributed by atoms with E-state index in [1.807, 2.05) is 54.1 Å². The second-order valence-corrected chi connectivity index (χ2v) is 7.19. The van der Waals surface area contributed by atoms with Crippen LogP contribution in [0.5, 0.6) is 11.5 Å². The van der Waals surface area contributed by atoms with Gasteiger partial charge in [0, 0.05) is 11.3 Å². The number of carbonyl (C=O) groups excluding carboxylic acids is 1. The fourth-order valence-electron chi connectivity index (χ4n) is 3.28. The summed E-state index contributed by atoms with van der Waals surface area (Å²) >= 11 is 0. The van der Waals surface area contributed by atoms with Gasteiger partial charge >= 0.3 is 6.03 Å². The predicted molar refractivity (Wildman–Crippen MR) is 105 cm³/mol. The monoisotopic (exact) mass is 392 g/mol. The van der Waals surface area contributed by atoms with E-state index in [1.54, 1.807) is 0 Å². The summed E-state index contributed by atoms with van der Waals surface area (Å²) in [7, 11) is 0. The number of ether oxygens (including phenoxy) is 2. The smallest absolute Gasteiger partial charge is 0.319 e. The Balaban J connectivity index is 1.22. The number of hydrogen-bond donors (Lipinski definition) is 2. The topological polar surface area (TPSA) is 103 Å². The van der Waals surface area contributed by atoms with E-state index in [1.165, 1.54) is 0 Å². The largest absolute Gasteiger partial charge is 0.454 e. The first-order valence-electron chi connectivity index (χ1n) is 9.53. The minimum atomic E-state index is -0.286. The molecule has 3 aromatic rings. The SMILES string of the molecule is CC(NC(=O)Nc1ccc(-c2nnnn2C2CC2)cc1)c1ccc2c(c1)OCO2. The molecule has 2 aliphatic rings. The Hall–Kier alpha value is -3.62. The number of anilines is 1. The first-order chi connectivity index (χ1) is 14.2. The minimum absolute atomic E-state index is 0.188. The van der Waals surface area contributed by atoms with Crippen molar-refractivity contribution in [3.63, 3.8) is 0 Å². The Morgan fingerprint density at radius 2 is 1.93 bits per heavy atom. The van der Waals surface area contributed by atoms with Gasteiger partial charge in [0.25, 0.3) is 0 Å². The zero-order valence-corrected chi connectivity index (χ0v) is 15.8. The van der Waals surface area contributed by atoms with E-state index in [9.17, 15) is 4.79 Å². The first-order valence-corrected chi connectivity index (χ1v) is 9.53. The third-order valence-electron chi connectivity index (χ3n) is 5.03. The zero-order valence-electron chi connectivity index (χ0n) is 15.8. The number of amides is 2. The average molecular weight is 392 g/mol. The highest BCUT2D eigenvalue weighted by atomic mass is 16.7. The van der Waals surface area contributed by atoms with Crippen molar-refractivity contribution < 1.29 is 14.3 Å². The van der Waals surface area contributed by atoms with E-state index in [0.717, 1.165) is 35.5 Å². The maximum atomic E-state index is 12.4. The number of carbonyl (C=O) groups is 1. The Morgan fingerprint density at radius 3 is 2.72 bits per heavy atom. The Labute approximate surface area is 167 Å². The van der Waals surface area contributed by atoms with Gasteiger partial charge in [-0.25, -0.2) is 9.48 Å². The van der Waals surface area contributed by atoms with Crippen LogP contribution in [0.25, 0.3) is 11.4 Å². The van der Waals surface area contributed by atoms with Crippen molar-refractivity contribution in [1.29, 1.82) is 0 Å².